The van der Waals surface area contributed by atoms with Gasteiger partial charge >= 0.3 is 0 Å². The summed E-state index contributed by atoms with van der Waals surface area (Å²) in [6.07, 6.45) is 0.910. The lowest BCUT2D eigenvalue weighted by Gasteiger charge is -2.04. The first-order valence-corrected chi connectivity index (χ1v) is 4.75. The molecule has 2 nitrogen and oxygen atoms in total. The van der Waals surface area contributed by atoms with Crippen LogP contribution in [0.25, 0.3) is 0 Å². The van der Waals surface area contributed by atoms with Crippen molar-refractivity contribution in [3.63, 3.8) is 0 Å². The molecule has 0 bridgehead atoms. The molecule has 2 N–H and O–H groups in total. The van der Waals surface area contributed by atoms with E-state index in [2.05, 4.69) is 21.2 Å². The Morgan fingerprint density at radius 1 is 1.58 bits per heavy atom. The first-order valence-electron chi connectivity index (χ1n) is 3.96. The summed E-state index contributed by atoms with van der Waals surface area (Å²) in [6.45, 7) is 0.196. The third kappa shape index (κ3) is 1.23. The van der Waals surface area contributed by atoms with Crippen LogP contribution in [-0.4, -0.2) is 17.8 Å². The molecule has 0 amide bonds. The summed E-state index contributed by atoms with van der Waals surface area (Å²) >= 11 is 3.48. The van der Waals surface area contributed by atoms with Crippen molar-refractivity contribution in [2.24, 2.45) is 0 Å². The molecule has 1 heterocycles. The molecule has 0 fully saturated rings. The van der Waals surface area contributed by atoms with Crippen LogP contribution in [0, 0.1) is 0 Å². The van der Waals surface area contributed by atoms with Crippen molar-refractivity contribution in [2.75, 3.05) is 11.9 Å². The van der Waals surface area contributed by atoms with Crippen LogP contribution in [0.2, 0.25) is 0 Å². The fourth-order valence-electron chi connectivity index (χ4n) is 1.53. The maximum atomic E-state index is 8.95. The number of aliphatic hydroxyl groups is 1. The minimum Gasteiger partial charge on any atom is -0.394 e. The molecule has 0 spiro atoms. The van der Waals surface area contributed by atoms with Gasteiger partial charge in [-0.1, -0.05) is 22.0 Å². The standard InChI is InChI=1S/C9H10BrNO/c10-8-2-1-3-9-7(8)4-6(5-12)11-9/h1-3,6,11-12H,4-5H2/t6-/m1/s1. The Bertz CT molecular complexity index is 301. The van der Waals surface area contributed by atoms with E-state index in [9.17, 15) is 0 Å². The Morgan fingerprint density at radius 2 is 2.42 bits per heavy atom. The van der Waals surface area contributed by atoms with Crippen molar-refractivity contribution >= 4 is 21.6 Å². The number of anilines is 1. The fraction of sp³-hybridized carbons (Fsp3) is 0.333. The Hall–Kier alpha value is -0.540. The van der Waals surface area contributed by atoms with Gasteiger partial charge < -0.3 is 10.4 Å². The first kappa shape index (κ1) is 8.08. The second-order valence-electron chi connectivity index (χ2n) is 2.99. The van der Waals surface area contributed by atoms with Crippen molar-refractivity contribution in [1.29, 1.82) is 0 Å². The van der Waals surface area contributed by atoms with Crippen molar-refractivity contribution < 1.29 is 5.11 Å². The van der Waals surface area contributed by atoms with E-state index in [1.165, 1.54) is 5.56 Å². The molecule has 1 aliphatic heterocycles. The molecular formula is C9H10BrNO. The van der Waals surface area contributed by atoms with Gasteiger partial charge in [0.15, 0.2) is 0 Å². The molecule has 1 atom stereocenters. The lowest BCUT2D eigenvalue weighted by molar-refractivity contribution is 0.277. The zero-order chi connectivity index (χ0) is 8.55. The van der Waals surface area contributed by atoms with Gasteiger partial charge in [0.1, 0.15) is 0 Å². The number of rotatable bonds is 1. The fourth-order valence-corrected chi connectivity index (χ4v) is 2.06. The van der Waals surface area contributed by atoms with Crippen LogP contribution >= 0.6 is 15.9 Å². The highest BCUT2D eigenvalue weighted by Gasteiger charge is 2.20. The number of fused-ring (bicyclic) bond motifs is 1. The van der Waals surface area contributed by atoms with Crippen molar-refractivity contribution in [3.05, 3.63) is 28.2 Å². The maximum Gasteiger partial charge on any atom is 0.0636 e. The summed E-state index contributed by atoms with van der Waals surface area (Å²) in [6, 6.07) is 6.25. The molecule has 1 aromatic rings. The van der Waals surface area contributed by atoms with E-state index in [0.29, 0.717) is 0 Å². The normalized spacial score (nSPS) is 20.3. The molecule has 12 heavy (non-hydrogen) atoms. The predicted molar refractivity (Wildman–Crippen MR) is 52.3 cm³/mol. The van der Waals surface area contributed by atoms with E-state index in [4.69, 9.17) is 5.11 Å². The number of aliphatic hydroxyl groups excluding tert-OH is 1. The van der Waals surface area contributed by atoms with Gasteiger partial charge in [0, 0.05) is 10.2 Å². The SMILES string of the molecule is OC[C@H]1Cc2c(Br)cccc2N1. The monoisotopic (exact) mass is 227 g/mol. The van der Waals surface area contributed by atoms with Gasteiger partial charge in [-0.3, -0.25) is 0 Å². The highest BCUT2D eigenvalue weighted by molar-refractivity contribution is 9.10. The van der Waals surface area contributed by atoms with Gasteiger partial charge in [0.25, 0.3) is 0 Å². The maximum absolute atomic E-state index is 8.95. The van der Waals surface area contributed by atoms with E-state index in [1.807, 2.05) is 18.2 Å². The third-order valence-electron chi connectivity index (χ3n) is 2.15. The van der Waals surface area contributed by atoms with Crippen LogP contribution in [0.15, 0.2) is 22.7 Å². The Morgan fingerprint density at radius 3 is 3.08 bits per heavy atom. The minimum atomic E-state index is 0.193. The first-order chi connectivity index (χ1) is 5.81. The van der Waals surface area contributed by atoms with E-state index in [1.54, 1.807) is 0 Å². The van der Waals surface area contributed by atoms with Gasteiger partial charge in [-0.15, -0.1) is 0 Å². The number of hydrogen-bond donors (Lipinski definition) is 2. The summed E-state index contributed by atoms with van der Waals surface area (Å²) in [5.41, 5.74) is 2.42. The average Bonchev–Trinajstić information content (AvgIpc) is 2.49. The van der Waals surface area contributed by atoms with Crippen molar-refractivity contribution in [3.8, 4) is 0 Å². The van der Waals surface area contributed by atoms with Gasteiger partial charge in [-0.25, -0.2) is 0 Å². The van der Waals surface area contributed by atoms with Gasteiger partial charge in [0.05, 0.1) is 12.6 Å². The van der Waals surface area contributed by atoms with Crippen molar-refractivity contribution in [1.82, 2.24) is 0 Å². The average molecular weight is 228 g/mol. The lowest BCUT2D eigenvalue weighted by Crippen LogP contribution is -2.19. The molecule has 2 rings (SSSR count). The molecule has 3 heteroatoms. The quantitative estimate of drug-likeness (QED) is 0.767. The van der Waals surface area contributed by atoms with Gasteiger partial charge in [-0.2, -0.15) is 0 Å². The summed E-state index contributed by atoms with van der Waals surface area (Å²) in [5.74, 6) is 0. The summed E-state index contributed by atoms with van der Waals surface area (Å²) in [7, 11) is 0. The molecule has 64 valence electrons. The zero-order valence-corrected chi connectivity index (χ0v) is 8.13. The lowest BCUT2D eigenvalue weighted by atomic mass is 10.1. The Kier molecular flexibility index (Phi) is 2.07. The van der Waals surface area contributed by atoms with Crippen LogP contribution in [-0.2, 0) is 6.42 Å². The van der Waals surface area contributed by atoms with Crippen LogP contribution in [0.4, 0.5) is 5.69 Å². The van der Waals surface area contributed by atoms with Crippen molar-refractivity contribution in [2.45, 2.75) is 12.5 Å². The number of nitrogens with one attached hydrogen (secondary N) is 1. The Labute approximate surface area is 79.7 Å². The third-order valence-corrected chi connectivity index (χ3v) is 2.89. The van der Waals surface area contributed by atoms with Crippen LogP contribution in [0.1, 0.15) is 5.56 Å². The molecule has 0 aromatic heterocycles. The second-order valence-corrected chi connectivity index (χ2v) is 3.85. The molecule has 0 unspecified atom stereocenters. The molecule has 1 aromatic carbocycles. The highest BCUT2D eigenvalue weighted by Crippen LogP contribution is 2.31. The number of hydrogen-bond acceptors (Lipinski definition) is 2. The van der Waals surface area contributed by atoms with E-state index < -0.39 is 0 Å². The van der Waals surface area contributed by atoms with Gasteiger partial charge in [-0.05, 0) is 24.1 Å². The van der Waals surface area contributed by atoms with Crippen LogP contribution < -0.4 is 5.32 Å². The minimum absolute atomic E-state index is 0.193. The summed E-state index contributed by atoms with van der Waals surface area (Å²) in [4.78, 5) is 0. The molecule has 0 radical (unpaired) electrons. The number of benzene rings is 1. The van der Waals surface area contributed by atoms with E-state index >= 15 is 0 Å². The van der Waals surface area contributed by atoms with Crippen LogP contribution in [0.5, 0.6) is 0 Å². The molecule has 0 saturated heterocycles. The zero-order valence-electron chi connectivity index (χ0n) is 6.55. The molecule has 0 aliphatic carbocycles. The molecular weight excluding hydrogens is 218 g/mol. The topological polar surface area (TPSA) is 32.3 Å². The Balaban J connectivity index is 2.35. The van der Waals surface area contributed by atoms with E-state index in [0.717, 1.165) is 16.6 Å². The van der Waals surface area contributed by atoms with Gasteiger partial charge in [0.2, 0.25) is 0 Å². The highest BCUT2D eigenvalue weighted by atomic mass is 79.9. The van der Waals surface area contributed by atoms with Crippen LogP contribution in [0.3, 0.4) is 0 Å². The number of halogens is 1. The smallest absolute Gasteiger partial charge is 0.0636 e. The molecule has 0 saturated carbocycles. The summed E-state index contributed by atoms with van der Waals surface area (Å²) < 4.78 is 1.13. The predicted octanol–water partition coefficient (Wildman–Crippen LogP) is 1.78. The summed E-state index contributed by atoms with van der Waals surface area (Å²) in [5, 5.41) is 12.2. The second kappa shape index (κ2) is 3.07. The molecule has 1 aliphatic rings. The van der Waals surface area contributed by atoms with E-state index in [-0.39, 0.29) is 12.6 Å². The largest absolute Gasteiger partial charge is 0.394 e.